The van der Waals surface area contributed by atoms with Gasteiger partial charge < -0.3 is 9.67 Å². The Bertz CT molecular complexity index is 918. The molecule has 0 aliphatic heterocycles. The van der Waals surface area contributed by atoms with E-state index < -0.39 is 5.97 Å². The smallest absolute Gasteiger partial charge is 0.328 e. The average molecular weight is 317 g/mol. The molecule has 0 aliphatic carbocycles. The van der Waals surface area contributed by atoms with Crippen LogP contribution in [0.5, 0.6) is 0 Å². The predicted molar refractivity (Wildman–Crippen MR) is 98.0 cm³/mol. The first-order valence-corrected chi connectivity index (χ1v) is 7.86. The Morgan fingerprint density at radius 1 is 1.04 bits per heavy atom. The molecule has 0 fully saturated rings. The van der Waals surface area contributed by atoms with Crippen LogP contribution in [0.25, 0.3) is 17.0 Å². The van der Waals surface area contributed by atoms with Crippen molar-refractivity contribution in [3.63, 3.8) is 0 Å². The molecule has 24 heavy (non-hydrogen) atoms. The second-order valence-corrected chi connectivity index (χ2v) is 5.64. The highest BCUT2D eigenvalue weighted by molar-refractivity contribution is 5.91. The van der Waals surface area contributed by atoms with Gasteiger partial charge in [-0.05, 0) is 18.6 Å². The molecule has 3 aromatic rings. The lowest BCUT2D eigenvalue weighted by Crippen LogP contribution is -2.01. The van der Waals surface area contributed by atoms with E-state index in [9.17, 15) is 4.79 Å². The van der Waals surface area contributed by atoms with Crippen LogP contribution in [0.1, 0.15) is 16.8 Å². The Labute approximate surface area is 141 Å². The molecule has 1 aromatic heterocycles. The third kappa shape index (κ3) is 3.30. The van der Waals surface area contributed by atoms with Crippen molar-refractivity contribution in [3.8, 4) is 0 Å². The molecular formula is C21H19NO2. The zero-order valence-electron chi connectivity index (χ0n) is 13.5. The molecule has 0 unspecified atom stereocenters. The lowest BCUT2D eigenvalue weighted by Gasteiger charge is -2.08. The number of carbonyl (C=O) groups is 1. The van der Waals surface area contributed by atoms with E-state index in [-0.39, 0.29) is 0 Å². The van der Waals surface area contributed by atoms with E-state index in [0.717, 1.165) is 18.2 Å². The Morgan fingerprint density at radius 3 is 2.50 bits per heavy atom. The number of fused-ring (bicyclic) bond motifs is 1. The van der Waals surface area contributed by atoms with Crippen LogP contribution in [0.3, 0.4) is 0 Å². The van der Waals surface area contributed by atoms with Crippen molar-refractivity contribution in [3.05, 3.63) is 89.6 Å². The average Bonchev–Trinajstić information content (AvgIpc) is 2.85. The van der Waals surface area contributed by atoms with Gasteiger partial charge in [0.25, 0.3) is 0 Å². The minimum atomic E-state index is -0.942. The molecule has 1 N–H and O–H groups in total. The maximum absolute atomic E-state index is 10.6. The third-order valence-corrected chi connectivity index (χ3v) is 4.08. The molecule has 120 valence electrons. The first-order chi connectivity index (χ1) is 11.7. The quantitative estimate of drug-likeness (QED) is 0.549. The number of aliphatic carboxylic acids is 1. The normalized spacial score (nSPS) is 11.7. The van der Waals surface area contributed by atoms with Crippen LogP contribution in [-0.4, -0.2) is 15.6 Å². The fraction of sp³-hybridized carbons (Fsp3) is 0.0952. The lowest BCUT2D eigenvalue weighted by atomic mass is 10.1. The SMILES string of the molecule is Cc1c(/C=C/C=C/C(=O)O)c2ccccc2n1Cc1ccccc1. The fourth-order valence-corrected chi connectivity index (χ4v) is 2.93. The molecule has 0 amide bonds. The van der Waals surface area contributed by atoms with Crippen molar-refractivity contribution in [1.82, 2.24) is 4.57 Å². The van der Waals surface area contributed by atoms with Crippen molar-refractivity contribution >= 4 is 22.9 Å². The summed E-state index contributed by atoms with van der Waals surface area (Å²) >= 11 is 0. The van der Waals surface area contributed by atoms with Gasteiger partial charge in [-0.25, -0.2) is 4.79 Å². The molecule has 3 heteroatoms. The molecule has 0 aliphatic rings. The van der Waals surface area contributed by atoms with Crippen LogP contribution in [-0.2, 0) is 11.3 Å². The molecule has 0 spiro atoms. The molecule has 1 heterocycles. The van der Waals surface area contributed by atoms with Gasteiger partial charge >= 0.3 is 5.97 Å². The molecule has 2 aromatic carbocycles. The zero-order chi connectivity index (χ0) is 16.9. The lowest BCUT2D eigenvalue weighted by molar-refractivity contribution is -0.131. The van der Waals surface area contributed by atoms with Crippen LogP contribution >= 0.6 is 0 Å². The number of para-hydroxylation sites is 1. The Balaban J connectivity index is 2.04. The monoisotopic (exact) mass is 317 g/mol. The van der Waals surface area contributed by atoms with Gasteiger partial charge in [0.2, 0.25) is 0 Å². The zero-order valence-corrected chi connectivity index (χ0v) is 13.5. The van der Waals surface area contributed by atoms with Crippen LogP contribution < -0.4 is 0 Å². The van der Waals surface area contributed by atoms with Gasteiger partial charge in [0.05, 0.1) is 0 Å². The number of carboxylic acids is 1. The largest absolute Gasteiger partial charge is 0.478 e. The van der Waals surface area contributed by atoms with E-state index in [1.165, 1.54) is 22.2 Å². The van der Waals surface area contributed by atoms with E-state index >= 15 is 0 Å². The first-order valence-electron chi connectivity index (χ1n) is 7.86. The number of nitrogens with zero attached hydrogens (tertiary/aromatic N) is 1. The summed E-state index contributed by atoms with van der Waals surface area (Å²) in [6.45, 7) is 2.91. The third-order valence-electron chi connectivity index (χ3n) is 4.08. The highest BCUT2D eigenvalue weighted by Crippen LogP contribution is 2.27. The van der Waals surface area contributed by atoms with Gasteiger partial charge in [0, 0.05) is 34.8 Å². The summed E-state index contributed by atoms with van der Waals surface area (Å²) in [4.78, 5) is 10.6. The van der Waals surface area contributed by atoms with Crippen molar-refractivity contribution in [2.75, 3.05) is 0 Å². The van der Waals surface area contributed by atoms with Crippen molar-refractivity contribution < 1.29 is 9.90 Å². The Morgan fingerprint density at radius 2 is 1.75 bits per heavy atom. The maximum Gasteiger partial charge on any atom is 0.328 e. The van der Waals surface area contributed by atoms with Gasteiger partial charge in [0.15, 0.2) is 0 Å². The van der Waals surface area contributed by atoms with Crippen LogP contribution in [0.2, 0.25) is 0 Å². The highest BCUT2D eigenvalue weighted by Gasteiger charge is 2.11. The van der Waals surface area contributed by atoms with Gasteiger partial charge in [-0.3, -0.25) is 0 Å². The van der Waals surface area contributed by atoms with Crippen molar-refractivity contribution in [2.45, 2.75) is 13.5 Å². The molecule has 0 atom stereocenters. The number of rotatable bonds is 5. The van der Waals surface area contributed by atoms with E-state index in [0.29, 0.717) is 0 Å². The summed E-state index contributed by atoms with van der Waals surface area (Å²) in [5.41, 5.74) is 4.72. The van der Waals surface area contributed by atoms with E-state index in [2.05, 4.69) is 35.8 Å². The summed E-state index contributed by atoms with van der Waals surface area (Å²) < 4.78 is 2.30. The van der Waals surface area contributed by atoms with E-state index in [4.69, 9.17) is 5.11 Å². The molecular weight excluding hydrogens is 298 g/mol. The Kier molecular flexibility index (Phi) is 4.62. The van der Waals surface area contributed by atoms with Gasteiger partial charge in [-0.15, -0.1) is 0 Å². The number of aromatic nitrogens is 1. The topological polar surface area (TPSA) is 42.2 Å². The molecule has 3 nitrogen and oxygen atoms in total. The van der Waals surface area contributed by atoms with Gasteiger partial charge in [-0.2, -0.15) is 0 Å². The fourth-order valence-electron chi connectivity index (χ4n) is 2.93. The number of allylic oxidation sites excluding steroid dienone is 2. The van der Waals surface area contributed by atoms with Crippen LogP contribution in [0.15, 0.2) is 72.8 Å². The molecule has 0 radical (unpaired) electrons. The molecule has 0 saturated heterocycles. The number of benzene rings is 2. The van der Waals surface area contributed by atoms with Gasteiger partial charge in [0.1, 0.15) is 0 Å². The summed E-state index contributed by atoms with van der Waals surface area (Å²) in [6, 6.07) is 18.7. The predicted octanol–water partition coefficient (Wildman–Crippen LogP) is 4.65. The minimum absolute atomic E-state index is 0.811. The second kappa shape index (κ2) is 7.01. The summed E-state index contributed by atoms with van der Waals surface area (Å²) in [5.74, 6) is -0.942. The number of carboxylic acid groups (broad SMARTS) is 1. The highest BCUT2D eigenvalue weighted by atomic mass is 16.4. The van der Waals surface area contributed by atoms with Crippen LogP contribution in [0.4, 0.5) is 0 Å². The molecule has 0 bridgehead atoms. The second-order valence-electron chi connectivity index (χ2n) is 5.64. The van der Waals surface area contributed by atoms with Crippen molar-refractivity contribution in [1.29, 1.82) is 0 Å². The van der Waals surface area contributed by atoms with Crippen LogP contribution in [0, 0.1) is 6.92 Å². The van der Waals surface area contributed by atoms with Gasteiger partial charge in [-0.1, -0.05) is 66.8 Å². The standard InChI is InChI=1S/C21H19NO2/c1-16-18(11-6-8-14-21(23)24)19-12-5-7-13-20(19)22(16)15-17-9-3-2-4-10-17/h2-14H,15H2,1H3,(H,23,24)/b11-6+,14-8+. The summed E-state index contributed by atoms with van der Waals surface area (Å²) in [5, 5.41) is 9.85. The summed E-state index contributed by atoms with van der Waals surface area (Å²) in [7, 11) is 0. The number of hydrogen-bond acceptors (Lipinski definition) is 1. The minimum Gasteiger partial charge on any atom is -0.478 e. The summed E-state index contributed by atoms with van der Waals surface area (Å²) in [6.07, 6.45) is 6.43. The van der Waals surface area contributed by atoms with E-state index in [1.807, 2.05) is 36.4 Å². The molecule has 3 rings (SSSR count). The van der Waals surface area contributed by atoms with Crippen molar-refractivity contribution in [2.24, 2.45) is 0 Å². The van der Waals surface area contributed by atoms with E-state index in [1.54, 1.807) is 12.2 Å². The Hall–Kier alpha value is -3.07. The first kappa shape index (κ1) is 15.8. The number of hydrogen-bond donors (Lipinski definition) is 1. The molecule has 0 saturated carbocycles. The maximum atomic E-state index is 10.6.